The SMILES string of the molecule is NC1CCC1c1cncc(F)c1. The van der Waals surface area contributed by atoms with E-state index in [0.29, 0.717) is 5.92 Å². The van der Waals surface area contributed by atoms with Gasteiger partial charge in [0, 0.05) is 18.2 Å². The van der Waals surface area contributed by atoms with Crippen molar-refractivity contribution in [1.29, 1.82) is 0 Å². The van der Waals surface area contributed by atoms with Crippen molar-refractivity contribution in [3.05, 3.63) is 29.8 Å². The molecule has 3 heteroatoms. The zero-order valence-corrected chi connectivity index (χ0v) is 6.70. The molecule has 2 atom stereocenters. The van der Waals surface area contributed by atoms with E-state index in [2.05, 4.69) is 4.98 Å². The molecule has 1 heterocycles. The quantitative estimate of drug-likeness (QED) is 0.685. The Morgan fingerprint density at radius 1 is 1.42 bits per heavy atom. The Balaban J connectivity index is 2.22. The predicted octanol–water partition coefficient (Wildman–Crippen LogP) is 1.43. The van der Waals surface area contributed by atoms with Gasteiger partial charge in [0.2, 0.25) is 0 Å². The van der Waals surface area contributed by atoms with Crippen molar-refractivity contribution in [2.75, 3.05) is 0 Å². The lowest BCUT2D eigenvalue weighted by Crippen LogP contribution is -2.37. The molecule has 0 bridgehead atoms. The van der Waals surface area contributed by atoms with Gasteiger partial charge in [-0.15, -0.1) is 0 Å². The van der Waals surface area contributed by atoms with E-state index < -0.39 is 0 Å². The number of nitrogens with zero attached hydrogens (tertiary/aromatic N) is 1. The molecule has 1 aliphatic rings. The summed E-state index contributed by atoms with van der Waals surface area (Å²) in [6.07, 6.45) is 5.02. The van der Waals surface area contributed by atoms with E-state index in [9.17, 15) is 4.39 Å². The Morgan fingerprint density at radius 3 is 2.75 bits per heavy atom. The average molecular weight is 166 g/mol. The molecule has 12 heavy (non-hydrogen) atoms. The highest BCUT2D eigenvalue weighted by atomic mass is 19.1. The summed E-state index contributed by atoms with van der Waals surface area (Å²) in [6.45, 7) is 0. The van der Waals surface area contributed by atoms with E-state index in [1.54, 1.807) is 6.20 Å². The molecule has 1 saturated carbocycles. The molecule has 0 aromatic carbocycles. The zero-order valence-electron chi connectivity index (χ0n) is 6.70. The molecule has 2 N–H and O–H groups in total. The molecule has 0 spiro atoms. The first-order chi connectivity index (χ1) is 5.77. The molecule has 0 amide bonds. The van der Waals surface area contributed by atoms with Gasteiger partial charge >= 0.3 is 0 Å². The lowest BCUT2D eigenvalue weighted by atomic mass is 9.76. The van der Waals surface area contributed by atoms with Crippen LogP contribution < -0.4 is 5.73 Å². The van der Waals surface area contributed by atoms with Gasteiger partial charge in [0.25, 0.3) is 0 Å². The second kappa shape index (κ2) is 2.83. The van der Waals surface area contributed by atoms with Crippen LogP contribution in [0.3, 0.4) is 0 Å². The van der Waals surface area contributed by atoms with Crippen LogP contribution in [-0.4, -0.2) is 11.0 Å². The smallest absolute Gasteiger partial charge is 0.141 e. The highest BCUT2D eigenvalue weighted by Crippen LogP contribution is 2.34. The van der Waals surface area contributed by atoms with E-state index in [-0.39, 0.29) is 11.9 Å². The van der Waals surface area contributed by atoms with Crippen LogP contribution in [0.2, 0.25) is 0 Å². The van der Waals surface area contributed by atoms with Gasteiger partial charge in [0.05, 0.1) is 6.20 Å². The third kappa shape index (κ3) is 1.20. The van der Waals surface area contributed by atoms with Crippen LogP contribution in [0.4, 0.5) is 4.39 Å². The lowest BCUT2D eigenvalue weighted by molar-refractivity contribution is 0.345. The van der Waals surface area contributed by atoms with Gasteiger partial charge in [-0.2, -0.15) is 0 Å². The summed E-state index contributed by atoms with van der Waals surface area (Å²) < 4.78 is 12.7. The third-order valence-electron chi connectivity index (χ3n) is 2.48. The number of halogens is 1. The monoisotopic (exact) mass is 166 g/mol. The Kier molecular flexibility index (Phi) is 1.81. The number of aromatic nitrogens is 1. The van der Waals surface area contributed by atoms with Crippen LogP contribution in [0.1, 0.15) is 24.3 Å². The molecule has 0 radical (unpaired) electrons. The molecular weight excluding hydrogens is 155 g/mol. The van der Waals surface area contributed by atoms with E-state index in [1.165, 1.54) is 12.3 Å². The number of hydrogen-bond donors (Lipinski definition) is 1. The Labute approximate surface area is 70.6 Å². The van der Waals surface area contributed by atoms with Crippen molar-refractivity contribution < 1.29 is 4.39 Å². The summed E-state index contributed by atoms with van der Waals surface area (Å²) in [5.41, 5.74) is 6.69. The van der Waals surface area contributed by atoms with Crippen molar-refractivity contribution in [3.8, 4) is 0 Å². The van der Waals surface area contributed by atoms with Crippen LogP contribution in [0.5, 0.6) is 0 Å². The maximum Gasteiger partial charge on any atom is 0.141 e. The summed E-state index contributed by atoms with van der Waals surface area (Å²) in [5, 5.41) is 0. The van der Waals surface area contributed by atoms with E-state index >= 15 is 0 Å². The molecule has 2 rings (SSSR count). The molecule has 0 saturated heterocycles. The van der Waals surface area contributed by atoms with E-state index in [0.717, 1.165) is 18.4 Å². The highest BCUT2D eigenvalue weighted by Gasteiger charge is 2.28. The molecule has 1 fully saturated rings. The van der Waals surface area contributed by atoms with Gasteiger partial charge in [-0.3, -0.25) is 4.98 Å². The second-order valence-electron chi connectivity index (χ2n) is 3.28. The summed E-state index contributed by atoms with van der Waals surface area (Å²) in [5.74, 6) is 0.0554. The normalized spacial score (nSPS) is 28.2. The molecule has 2 nitrogen and oxygen atoms in total. The minimum absolute atomic E-state index is 0.202. The maximum absolute atomic E-state index is 12.7. The highest BCUT2D eigenvalue weighted by molar-refractivity contribution is 5.20. The van der Waals surface area contributed by atoms with Crippen LogP contribution in [0.25, 0.3) is 0 Å². The van der Waals surface area contributed by atoms with Gasteiger partial charge < -0.3 is 5.73 Å². The van der Waals surface area contributed by atoms with Crippen LogP contribution in [0, 0.1) is 5.82 Å². The van der Waals surface area contributed by atoms with Gasteiger partial charge in [0.1, 0.15) is 5.82 Å². The number of hydrogen-bond acceptors (Lipinski definition) is 2. The molecule has 2 unspecified atom stereocenters. The maximum atomic E-state index is 12.7. The molecular formula is C9H11FN2. The lowest BCUT2D eigenvalue weighted by Gasteiger charge is -2.33. The first-order valence-corrected chi connectivity index (χ1v) is 4.13. The topological polar surface area (TPSA) is 38.9 Å². The first-order valence-electron chi connectivity index (χ1n) is 4.13. The van der Waals surface area contributed by atoms with Crippen molar-refractivity contribution >= 4 is 0 Å². The van der Waals surface area contributed by atoms with Gasteiger partial charge in [-0.1, -0.05) is 0 Å². The first kappa shape index (κ1) is 7.68. The fraction of sp³-hybridized carbons (Fsp3) is 0.444. The van der Waals surface area contributed by atoms with Gasteiger partial charge in [-0.25, -0.2) is 4.39 Å². The number of pyridine rings is 1. The number of nitrogens with two attached hydrogens (primary N) is 1. The molecule has 64 valence electrons. The largest absolute Gasteiger partial charge is 0.327 e. The van der Waals surface area contributed by atoms with Crippen LogP contribution >= 0.6 is 0 Å². The second-order valence-corrected chi connectivity index (χ2v) is 3.28. The van der Waals surface area contributed by atoms with Crippen molar-refractivity contribution in [2.24, 2.45) is 5.73 Å². The Bertz CT molecular complexity index is 288. The Hall–Kier alpha value is -0.960. The standard InChI is InChI=1S/C9H11FN2/c10-7-3-6(4-12-5-7)8-1-2-9(8)11/h3-5,8-9H,1-2,11H2. The molecule has 1 aromatic rings. The third-order valence-corrected chi connectivity index (χ3v) is 2.48. The number of rotatable bonds is 1. The minimum atomic E-state index is -0.272. The zero-order chi connectivity index (χ0) is 8.55. The van der Waals surface area contributed by atoms with Crippen LogP contribution in [-0.2, 0) is 0 Å². The summed E-state index contributed by atoms with van der Waals surface area (Å²) in [6, 6.07) is 1.73. The molecule has 1 aliphatic carbocycles. The molecule has 0 aliphatic heterocycles. The van der Waals surface area contributed by atoms with Crippen LogP contribution in [0.15, 0.2) is 18.5 Å². The Morgan fingerprint density at radius 2 is 2.25 bits per heavy atom. The van der Waals surface area contributed by atoms with Crippen molar-refractivity contribution in [1.82, 2.24) is 4.98 Å². The average Bonchev–Trinajstić information content (AvgIpc) is 2.02. The van der Waals surface area contributed by atoms with E-state index in [4.69, 9.17) is 5.73 Å². The van der Waals surface area contributed by atoms with E-state index in [1.807, 2.05) is 0 Å². The molecule has 1 aromatic heterocycles. The summed E-state index contributed by atoms with van der Waals surface area (Å²) in [7, 11) is 0. The fourth-order valence-electron chi connectivity index (χ4n) is 1.57. The predicted molar refractivity (Wildman–Crippen MR) is 44.1 cm³/mol. The van der Waals surface area contributed by atoms with Crippen molar-refractivity contribution in [3.63, 3.8) is 0 Å². The summed E-state index contributed by atoms with van der Waals surface area (Å²) >= 11 is 0. The minimum Gasteiger partial charge on any atom is -0.327 e. The summed E-state index contributed by atoms with van der Waals surface area (Å²) in [4.78, 5) is 3.79. The van der Waals surface area contributed by atoms with Crippen molar-refractivity contribution in [2.45, 2.75) is 24.8 Å². The fourth-order valence-corrected chi connectivity index (χ4v) is 1.57. The van der Waals surface area contributed by atoms with Gasteiger partial charge in [0.15, 0.2) is 0 Å². The van der Waals surface area contributed by atoms with Gasteiger partial charge in [-0.05, 0) is 24.5 Å².